The maximum Gasteiger partial charge on any atom is 0.222 e. The Kier molecular flexibility index (Phi) is 10.6. The number of carbonyl (C=O) groups excluding carboxylic acids is 1. The van der Waals surface area contributed by atoms with Crippen molar-refractivity contribution < 1.29 is 9.53 Å². The molecular formula is C26H36IN5O2. The normalized spacial score (nSPS) is 16.9. The standard InChI is InChI=1S/C26H35N5O2.HI/c1-27-26(28-17-21-6-4-7-22(16-21)19-31-11-5-10-25(31)32)29-18-23-8-2-3-9-24(23)20-30-12-14-33-15-13-30;/h2-4,6-9,16H,5,10-15,17-20H2,1H3,(H2,27,28,29);1H. The van der Waals surface area contributed by atoms with E-state index in [1.807, 2.05) is 4.90 Å². The van der Waals surface area contributed by atoms with Gasteiger partial charge in [0, 0.05) is 59.3 Å². The monoisotopic (exact) mass is 577 g/mol. The number of guanidine groups is 1. The average Bonchev–Trinajstić information content (AvgIpc) is 3.25. The molecule has 2 aliphatic rings. The summed E-state index contributed by atoms with van der Waals surface area (Å²) in [4.78, 5) is 20.7. The Hall–Kier alpha value is -2.17. The van der Waals surface area contributed by atoms with Crippen molar-refractivity contribution in [3.05, 3.63) is 70.8 Å². The van der Waals surface area contributed by atoms with E-state index in [0.717, 1.165) is 58.3 Å². The van der Waals surface area contributed by atoms with Gasteiger partial charge in [-0.2, -0.15) is 0 Å². The lowest BCUT2D eigenvalue weighted by molar-refractivity contribution is -0.128. The highest BCUT2D eigenvalue weighted by Crippen LogP contribution is 2.16. The van der Waals surface area contributed by atoms with Crippen molar-refractivity contribution in [2.75, 3.05) is 39.9 Å². The fourth-order valence-electron chi connectivity index (χ4n) is 4.40. The molecule has 0 aromatic heterocycles. The third kappa shape index (κ3) is 7.68. The van der Waals surface area contributed by atoms with E-state index >= 15 is 0 Å². The molecule has 8 heteroatoms. The number of nitrogens with zero attached hydrogens (tertiary/aromatic N) is 3. The summed E-state index contributed by atoms with van der Waals surface area (Å²) in [6.45, 7) is 7.49. The van der Waals surface area contributed by atoms with Gasteiger partial charge in [0.2, 0.25) is 5.91 Å². The van der Waals surface area contributed by atoms with E-state index in [-0.39, 0.29) is 29.9 Å². The van der Waals surface area contributed by atoms with Gasteiger partial charge in [-0.1, -0.05) is 48.5 Å². The van der Waals surface area contributed by atoms with Crippen molar-refractivity contribution in [2.24, 2.45) is 4.99 Å². The molecule has 1 amide bonds. The number of amides is 1. The van der Waals surface area contributed by atoms with Crippen molar-refractivity contribution in [1.82, 2.24) is 20.4 Å². The van der Waals surface area contributed by atoms with Crippen LogP contribution in [0, 0.1) is 0 Å². The van der Waals surface area contributed by atoms with E-state index in [2.05, 4.69) is 69.1 Å². The number of ether oxygens (including phenoxy) is 1. The lowest BCUT2D eigenvalue weighted by atomic mass is 10.1. The molecule has 0 atom stereocenters. The molecule has 0 radical (unpaired) electrons. The molecule has 0 saturated carbocycles. The Bertz CT molecular complexity index is 962. The van der Waals surface area contributed by atoms with Crippen LogP contribution in [0.1, 0.15) is 35.1 Å². The minimum absolute atomic E-state index is 0. The van der Waals surface area contributed by atoms with Gasteiger partial charge in [-0.15, -0.1) is 24.0 Å². The van der Waals surface area contributed by atoms with Crippen molar-refractivity contribution in [3.8, 4) is 0 Å². The summed E-state index contributed by atoms with van der Waals surface area (Å²) < 4.78 is 5.47. The molecule has 2 fully saturated rings. The summed E-state index contributed by atoms with van der Waals surface area (Å²) in [5.74, 6) is 1.04. The molecule has 0 spiro atoms. The number of morpholine rings is 1. The Balaban J connectivity index is 0.00000324. The van der Waals surface area contributed by atoms with Crippen LogP contribution in [-0.2, 0) is 35.7 Å². The minimum atomic E-state index is 0. The Morgan fingerprint density at radius 3 is 2.41 bits per heavy atom. The first-order valence-electron chi connectivity index (χ1n) is 11.9. The quantitative estimate of drug-likeness (QED) is 0.287. The van der Waals surface area contributed by atoms with Crippen molar-refractivity contribution in [2.45, 2.75) is 39.0 Å². The molecule has 184 valence electrons. The first-order valence-corrected chi connectivity index (χ1v) is 11.9. The van der Waals surface area contributed by atoms with Gasteiger partial charge in [-0.05, 0) is 28.7 Å². The number of benzene rings is 2. The van der Waals surface area contributed by atoms with Crippen LogP contribution in [0.3, 0.4) is 0 Å². The predicted octanol–water partition coefficient (Wildman–Crippen LogP) is 3.12. The Morgan fingerprint density at radius 1 is 0.941 bits per heavy atom. The number of likely N-dealkylation sites (tertiary alicyclic amines) is 1. The van der Waals surface area contributed by atoms with Gasteiger partial charge < -0.3 is 20.3 Å². The van der Waals surface area contributed by atoms with Crippen LogP contribution in [0.4, 0.5) is 0 Å². The highest BCUT2D eigenvalue weighted by Gasteiger charge is 2.20. The average molecular weight is 578 g/mol. The topological polar surface area (TPSA) is 69.2 Å². The van der Waals surface area contributed by atoms with Crippen LogP contribution in [0.25, 0.3) is 0 Å². The van der Waals surface area contributed by atoms with Crippen molar-refractivity contribution in [3.63, 3.8) is 0 Å². The van der Waals surface area contributed by atoms with Crippen LogP contribution in [0.2, 0.25) is 0 Å². The highest BCUT2D eigenvalue weighted by molar-refractivity contribution is 14.0. The zero-order chi connectivity index (χ0) is 22.9. The molecule has 2 aromatic rings. The number of nitrogens with one attached hydrogen (secondary N) is 2. The fourth-order valence-corrected chi connectivity index (χ4v) is 4.40. The molecule has 2 heterocycles. The molecule has 34 heavy (non-hydrogen) atoms. The molecule has 4 rings (SSSR count). The third-order valence-electron chi connectivity index (χ3n) is 6.28. The third-order valence-corrected chi connectivity index (χ3v) is 6.28. The van der Waals surface area contributed by atoms with Gasteiger partial charge in [0.25, 0.3) is 0 Å². The maximum atomic E-state index is 11.9. The predicted molar refractivity (Wildman–Crippen MR) is 146 cm³/mol. The maximum absolute atomic E-state index is 11.9. The van der Waals surface area contributed by atoms with Crippen molar-refractivity contribution >= 4 is 35.8 Å². The van der Waals surface area contributed by atoms with Crippen LogP contribution in [0.5, 0.6) is 0 Å². The van der Waals surface area contributed by atoms with E-state index in [4.69, 9.17) is 4.74 Å². The zero-order valence-corrected chi connectivity index (χ0v) is 22.3. The molecule has 2 aliphatic heterocycles. The summed E-state index contributed by atoms with van der Waals surface area (Å²) >= 11 is 0. The second-order valence-corrected chi connectivity index (χ2v) is 8.68. The smallest absolute Gasteiger partial charge is 0.222 e. The van der Waals surface area contributed by atoms with Crippen LogP contribution < -0.4 is 10.6 Å². The van der Waals surface area contributed by atoms with E-state index < -0.39 is 0 Å². The summed E-state index contributed by atoms with van der Waals surface area (Å²) in [5.41, 5.74) is 4.97. The number of carbonyl (C=O) groups is 1. The molecular weight excluding hydrogens is 541 g/mol. The van der Waals surface area contributed by atoms with Crippen LogP contribution >= 0.6 is 24.0 Å². The van der Waals surface area contributed by atoms with Gasteiger partial charge >= 0.3 is 0 Å². The van der Waals surface area contributed by atoms with Crippen LogP contribution in [-0.4, -0.2) is 61.6 Å². The highest BCUT2D eigenvalue weighted by atomic mass is 127. The SMILES string of the molecule is CN=C(NCc1cccc(CN2CCCC2=O)c1)NCc1ccccc1CN1CCOCC1.I. The largest absolute Gasteiger partial charge is 0.379 e. The van der Waals surface area contributed by atoms with Gasteiger partial charge in [0.05, 0.1) is 13.2 Å². The van der Waals surface area contributed by atoms with E-state index in [1.54, 1.807) is 7.05 Å². The fraction of sp³-hybridized carbons (Fsp3) is 0.462. The van der Waals surface area contributed by atoms with E-state index in [9.17, 15) is 4.79 Å². The minimum Gasteiger partial charge on any atom is -0.379 e. The molecule has 2 saturated heterocycles. The van der Waals surface area contributed by atoms with E-state index in [1.165, 1.54) is 22.3 Å². The van der Waals surface area contributed by atoms with Gasteiger partial charge in [0.15, 0.2) is 5.96 Å². The molecule has 0 aliphatic carbocycles. The summed E-state index contributed by atoms with van der Waals surface area (Å²) in [5, 5.41) is 6.87. The molecule has 2 aromatic carbocycles. The lowest BCUT2D eigenvalue weighted by Crippen LogP contribution is -2.37. The molecule has 0 unspecified atom stereocenters. The number of hydrogen-bond acceptors (Lipinski definition) is 4. The molecule has 0 bridgehead atoms. The molecule has 2 N–H and O–H groups in total. The van der Waals surface area contributed by atoms with Gasteiger partial charge in [-0.3, -0.25) is 14.7 Å². The Labute approximate surface area is 220 Å². The first-order chi connectivity index (χ1) is 16.2. The van der Waals surface area contributed by atoms with Crippen molar-refractivity contribution in [1.29, 1.82) is 0 Å². The lowest BCUT2D eigenvalue weighted by Gasteiger charge is -2.27. The number of rotatable bonds is 8. The number of hydrogen-bond donors (Lipinski definition) is 2. The second kappa shape index (κ2) is 13.7. The van der Waals surface area contributed by atoms with Crippen LogP contribution in [0.15, 0.2) is 53.5 Å². The summed E-state index contributed by atoms with van der Waals surface area (Å²) in [7, 11) is 1.80. The van der Waals surface area contributed by atoms with Gasteiger partial charge in [0.1, 0.15) is 0 Å². The second-order valence-electron chi connectivity index (χ2n) is 8.68. The Morgan fingerprint density at radius 2 is 1.68 bits per heavy atom. The number of aliphatic imine (C=N–C) groups is 1. The van der Waals surface area contributed by atoms with E-state index in [0.29, 0.717) is 19.5 Å². The summed E-state index contributed by atoms with van der Waals surface area (Å²) in [6.07, 6.45) is 1.65. The first kappa shape index (κ1) is 26.4. The molecule has 7 nitrogen and oxygen atoms in total. The zero-order valence-electron chi connectivity index (χ0n) is 20.0. The summed E-state index contributed by atoms with van der Waals surface area (Å²) in [6, 6.07) is 17.0. The van der Waals surface area contributed by atoms with Gasteiger partial charge in [-0.25, -0.2) is 0 Å². The number of halogens is 1.